The lowest BCUT2D eigenvalue weighted by Gasteiger charge is -2.10. The molecule has 3 aromatic carbocycles. The van der Waals surface area contributed by atoms with Crippen LogP contribution in [-0.4, -0.2) is 31.7 Å². The summed E-state index contributed by atoms with van der Waals surface area (Å²) in [6, 6.07) is 23.1. The van der Waals surface area contributed by atoms with Crippen LogP contribution in [0.15, 0.2) is 84.0 Å². The average molecular weight is 403 g/mol. The second-order valence-corrected chi connectivity index (χ2v) is 6.20. The lowest BCUT2D eigenvalue weighted by Crippen LogP contribution is -2.17. The van der Waals surface area contributed by atoms with Crippen molar-refractivity contribution in [1.82, 2.24) is 0 Å². The van der Waals surface area contributed by atoms with Crippen LogP contribution in [0.3, 0.4) is 0 Å². The fourth-order valence-corrected chi connectivity index (χ4v) is 2.58. The quantitative estimate of drug-likeness (QED) is 0.440. The van der Waals surface area contributed by atoms with Gasteiger partial charge in [-0.25, -0.2) is 0 Å². The van der Waals surface area contributed by atoms with Crippen molar-refractivity contribution in [3.05, 3.63) is 90.0 Å². The van der Waals surface area contributed by atoms with Crippen LogP contribution in [0.25, 0.3) is 0 Å². The number of nitrogens with one attached hydrogen (secondary N) is 2. The van der Waals surface area contributed by atoms with Gasteiger partial charge in [-0.2, -0.15) is 0 Å². The number of hydrogen-bond donors (Lipinski definition) is 2. The van der Waals surface area contributed by atoms with Crippen molar-refractivity contribution in [1.29, 1.82) is 0 Å². The third-order valence-electron chi connectivity index (χ3n) is 4.06. The number of carbonyl (C=O) groups is 2. The van der Waals surface area contributed by atoms with Crippen molar-refractivity contribution in [3.63, 3.8) is 0 Å². The van der Waals surface area contributed by atoms with E-state index in [1.54, 1.807) is 43.5 Å². The number of nitrogens with zero attached hydrogens (tertiary/aromatic N) is 1. The minimum Gasteiger partial charge on any atom is -0.495 e. The number of oxime groups is 1. The maximum atomic E-state index is 12.4. The van der Waals surface area contributed by atoms with Crippen LogP contribution in [0.4, 0.5) is 11.4 Å². The van der Waals surface area contributed by atoms with Gasteiger partial charge in [0, 0.05) is 11.3 Å². The number of hydrogen-bond acceptors (Lipinski definition) is 5. The van der Waals surface area contributed by atoms with Crippen LogP contribution in [0.5, 0.6) is 5.75 Å². The summed E-state index contributed by atoms with van der Waals surface area (Å²) in [5, 5.41) is 9.25. The lowest BCUT2D eigenvalue weighted by atomic mass is 10.2. The fraction of sp³-hybridized carbons (Fsp3) is 0.0870. The number of anilines is 2. The molecule has 7 nitrogen and oxygen atoms in total. The van der Waals surface area contributed by atoms with E-state index >= 15 is 0 Å². The first-order valence-electron chi connectivity index (χ1n) is 9.20. The molecule has 0 fully saturated rings. The summed E-state index contributed by atoms with van der Waals surface area (Å²) < 4.78 is 5.23. The molecule has 152 valence electrons. The number of benzene rings is 3. The molecule has 0 aliphatic rings. The van der Waals surface area contributed by atoms with E-state index in [0.29, 0.717) is 22.7 Å². The van der Waals surface area contributed by atoms with E-state index in [1.165, 1.54) is 6.21 Å². The smallest absolute Gasteiger partial charge is 0.265 e. The van der Waals surface area contributed by atoms with E-state index < -0.39 is 0 Å². The van der Waals surface area contributed by atoms with E-state index in [9.17, 15) is 9.59 Å². The Morgan fingerprint density at radius 2 is 1.60 bits per heavy atom. The highest BCUT2D eigenvalue weighted by atomic mass is 16.6. The van der Waals surface area contributed by atoms with Crippen LogP contribution in [-0.2, 0) is 9.63 Å². The Balaban J connectivity index is 1.49. The molecule has 0 radical (unpaired) electrons. The fourth-order valence-electron chi connectivity index (χ4n) is 2.58. The second kappa shape index (κ2) is 10.4. The molecule has 0 heterocycles. The first-order valence-corrected chi connectivity index (χ1v) is 9.20. The maximum absolute atomic E-state index is 12.4. The van der Waals surface area contributed by atoms with Crippen molar-refractivity contribution in [2.75, 3.05) is 24.4 Å². The maximum Gasteiger partial charge on any atom is 0.265 e. The minimum atomic E-state index is -0.355. The van der Waals surface area contributed by atoms with E-state index in [2.05, 4.69) is 15.8 Å². The number of carbonyl (C=O) groups excluding carboxylic acids is 2. The third-order valence-corrected chi connectivity index (χ3v) is 4.06. The summed E-state index contributed by atoms with van der Waals surface area (Å²) in [6.45, 7) is -0.223. The van der Waals surface area contributed by atoms with Gasteiger partial charge in [0.15, 0.2) is 6.61 Å². The molecule has 0 saturated carbocycles. The summed E-state index contributed by atoms with van der Waals surface area (Å²) in [6.07, 6.45) is 1.53. The zero-order valence-corrected chi connectivity index (χ0v) is 16.4. The van der Waals surface area contributed by atoms with E-state index in [-0.39, 0.29) is 18.4 Å². The Kier molecular flexibility index (Phi) is 7.16. The van der Waals surface area contributed by atoms with Crippen LogP contribution in [0.1, 0.15) is 15.9 Å². The molecule has 0 aliphatic heterocycles. The number of para-hydroxylation sites is 2. The van der Waals surface area contributed by atoms with Crippen molar-refractivity contribution < 1.29 is 19.2 Å². The monoisotopic (exact) mass is 403 g/mol. The third kappa shape index (κ3) is 5.93. The molecule has 0 aliphatic carbocycles. The van der Waals surface area contributed by atoms with Crippen molar-refractivity contribution >= 4 is 29.4 Å². The van der Waals surface area contributed by atoms with Gasteiger partial charge in [-0.1, -0.05) is 47.6 Å². The van der Waals surface area contributed by atoms with Gasteiger partial charge < -0.3 is 20.2 Å². The lowest BCUT2D eigenvalue weighted by molar-refractivity contribution is -0.120. The molecule has 3 aromatic rings. The molecular formula is C23H21N3O4. The highest BCUT2D eigenvalue weighted by Gasteiger charge is 2.10. The Morgan fingerprint density at radius 1 is 0.900 bits per heavy atom. The van der Waals surface area contributed by atoms with Crippen molar-refractivity contribution in [2.45, 2.75) is 0 Å². The first-order chi connectivity index (χ1) is 14.7. The molecular weight excluding hydrogens is 382 g/mol. The standard InChI is InChI=1S/C23H21N3O4/c1-29-21-10-6-5-9-20(21)26-23(28)18-11-13-19(14-12-18)25-22(27)16-30-24-15-17-7-3-2-4-8-17/h2-15H,16H2,1H3,(H,25,27)(H,26,28)/b24-15+. The van der Waals surface area contributed by atoms with Gasteiger partial charge in [-0.05, 0) is 42.0 Å². The van der Waals surface area contributed by atoms with Gasteiger partial charge in [0.05, 0.1) is 19.0 Å². The van der Waals surface area contributed by atoms with Gasteiger partial charge in [-0.3, -0.25) is 9.59 Å². The molecule has 0 unspecified atom stereocenters. The zero-order chi connectivity index (χ0) is 21.2. The normalized spacial score (nSPS) is 10.4. The topological polar surface area (TPSA) is 89.0 Å². The van der Waals surface area contributed by atoms with Crippen molar-refractivity contribution in [3.8, 4) is 5.75 Å². The number of ether oxygens (including phenoxy) is 1. The Morgan fingerprint density at radius 3 is 2.33 bits per heavy atom. The van der Waals surface area contributed by atoms with Crippen LogP contribution < -0.4 is 15.4 Å². The minimum absolute atomic E-state index is 0.223. The molecule has 2 N–H and O–H groups in total. The zero-order valence-electron chi connectivity index (χ0n) is 16.4. The van der Waals surface area contributed by atoms with Gasteiger partial charge in [-0.15, -0.1) is 0 Å². The van der Waals surface area contributed by atoms with E-state index in [4.69, 9.17) is 9.57 Å². The Bertz CT molecular complexity index is 1020. The molecule has 0 saturated heterocycles. The highest BCUT2D eigenvalue weighted by molar-refractivity contribution is 6.05. The average Bonchev–Trinajstić information content (AvgIpc) is 2.78. The van der Waals surface area contributed by atoms with Gasteiger partial charge >= 0.3 is 0 Å². The molecule has 0 bridgehead atoms. The molecule has 0 aromatic heterocycles. The van der Waals surface area contributed by atoms with Crippen LogP contribution in [0.2, 0.25) is 0 Å². The highest BCUT2D eigenvalue weighted by Crippen LogP contribution is 2.23. The number of methoxy groups -OCH3 is 1. The molecule has 30 heavy (non-hydrogen) atoms. The Hall–Kier alpha value is -4.13. The first kappa shape index (κ1) is 20.6. The predicted octanol–water partition coefficient (Wildman–Crippen LogP) is 3.94. The molecule has 3 rings (SSSR count). The van der Waals surface area contributed by atoms with Gasteiger partial charge in [0.2, 0.25) is 0 Å². The second-order valence-electron chi connectivity index (χ2n) is 6.20. The molecule has 7 heteroatoms. The Labute approximate surface area is 174 Å². The summed E-state index contributed by atoms with van der Waals surface area (Å²) in [4.78, 5) is 29.4. The van der Waals surface area contributed by atoms with Crippen molar-refractivity contribution in [2.24, 2.45) is 5.16 Å². The summed E-state index contributed by atoms with van der Waals surface area (Å²) in [7, 11) is 1.54. The summed E-state index contributed by atoms with van der Waals surface area (Å²) in [5.41, 5.74) is 2.45. The van der Waals surface area contributed by atoms with Gasteiger partial charge in [0.1, 0.15) is 5.75 Å². The summed E-state index contributed by atoms with van der Waals surface area (Å²) in [5.74, 6) is -0.0629. The van der Waals surface area contributed by atoms with Crippen LogP contribution in [0, 0.1) is 0 Å². The number of amides is 2. The largest absolute Gasteiger partial charge is 0.495 e. The molecule has 2 amide bonds. The SMILES string of the molecule is COc1ccccc1NC(=O)c1ccc(NC(=O)CO/N=C/c2ccccc2)cc1. The van der Waals surface area contributed by atoms with E-state index in [1.807, 2.05) is 42.5 Å². The summed E-state index contributed by atoms with van der Waals surface area (Å²) >= 11 is 0. The predicted molar refractivity (Wildman–Crippen MR) is 116 cm³/mol. The van der Waals surface area contributed by atoms with E-state index in [0.717, 1.165) is 5.56 Å². The van der Waals surface area contributed by atoms with Gasteiger partial charge in [0.25, 0.3) is 11.8 Å². The molecule has 0 spiro atoms. The molecule has 0 atom stereocenters. The van der Waals surface area contributed by atoms with Crippen LogP contribution >= 0.6 is 0 Å². The number of rotatable bonds is 8.